The molecule has 2 heterocycles. The Morgan fingerprint density at radius 3 is 2.49 bits per heavy atom. The third-order valence-electron chi connectivity index (χ3n) is 10.7. The zero-order valence-corrected chi connectivity index (χ0v) is 22.6. The summed E-state index contributed by atoms with van der Waals surface area (Å²) in [6.07, 6.45) is 4.63. The second-order valence-corrected chi connectivity index (χ2v) is 12.7. The molecule has 2 bridgehead atoms. The Morgan fingerprint density at radius 1 is 1.14 bits per heavy atom. The molecule has 3 unspecified atom stereocenters. The minimum absolute atomic E-state index is 0.00238. The molecule has 1 aromatic heterocycles. The normalized spacial score (nSPS) is 42.2. The summed E-state index contributed by atoms with van der Waals surface area (Å²) in [7, 11) is 1.36. The maximum atomic E-state index is 14.3. The quantitative estimate of drug-likeness (QED) is 0.422. The number of ketones is 1. The van der Waals surface area contributed by atoms with E-state index in [9.17, 15) is 19.2 Å². The average Bonchev–Trinajstić information content (AvgIpc) is 3.36. The second kappa shape index (κ2) is 8.70. The Labute approximate surface area is 217 Å². The van der Waals surface area contributed by atoms with E-state index in [2.05, 4.69) is 6.92 Å². The molecule has 37 heavy (non-hydrogen) atoms. The third kappa shape index (κ3) is 3.68. The number of carbonyl (C=O) groups is 4. The molecule has 202 valence electrons. The molecule has 0 spiro atoms. The van der Waals surface area contributed by atoms with Gasteiger partial charge < -0.3 is 18.6 Å². The van der Waals surface area contributed by atoms with Crippen molar-refractivity contribution in [1.82, 2.24) is 0 Å². The summed E-state index contributed by atoms with van der Waals surface area (Å²) >= 11 is 0. The smallest absolute Gasteiger partial charge is 0.306 e. The fourth-order valence-corrected chi connectivity index (χ4v) is 9.09. The van der Waals surface area contributed by atoms with E-state index in [1.807, 2.05) is 26.8 Å². The molecule has 4 aliphatic rings. The Kier molecular flexibility index (Phi) is 6.11. The number of esters is 3. The van der Waals surface area contributed by atoms with Gasteiger partial charge in [0.25, 0.3) is 0 Å². The average molecular weight is 515 g/mol. The predicted molar refractivity (Wildman–Crippen MR) is 131 cm³/mol. The summed E-state index contributed by atoms with van der Waals surface area (Å²) in [6.45, 7) is 9.57. The van der Waals surface area contributed by atoms with Gasteiger partial charge in [0.15, 0.2) is 0 Å². The maximum Gasteiger partial charge on any atom is 0.306 e. The molecule has 3 saturated carbocycles. The molecule has 1 saturated heterocycles. The van der Waals surface area contributed by atoms with Gasteiger partial charge in [-0.2, -0.15) is 0 Å². The number of carbonyl (C=O) groups excluding carboxylic acids is 4. The third-order valence-corrected chi connectivity index (χ3v) is 10.7. The highest BCUT2D eigenvalue weighted by atomic mass is 16.6. The number of ether oxygens (including phenoxy) is 3. The minimum atomic E-state index is -0.810. The van der Waals surface area contributed by atoms with Crippen LogP contribution in [0, 0.1) is 45.8 Å². The first-order valence-corrected chi connectivity index (χ1v) is 13.4. The van der Waals surface area contributed by atoms with Gasteiger partial charge in [-0.05, 0) is 49.0 Å². The summed E-state index contributed by atoms with van der Waals surface area (Å²) in [5.74, 6) is -1.84. The number of cyclic esters (lactones) is 1. The Bertz CT molecular complexity index is 1110. The van der Waals surface area contributed by atoms with Crippen LogP contribution in [0.4, 0.5) is 0 Å². The van der Waals surface area contributed by atoms with Gasteiger partial charge in [0, 0.05) is 41.6 Å². The number of methoxy groups -OCH3 is 1. The van der Waals surface area contributed by atoms with Gasteiger partial charge >= 0.3 is 17.9 Å². The molecule has 0 aromatic carbocycles. The van der Waals surface area contributed by atoms with Gasteiger partial charge in [0.05, 0.1) is 25.6 Å². The molecule has 8 nitrogen and oxygen atoms in total. The fraction of sp³-hybridized carbons (Fsp3) is 0.724. The van der Waals surface area contributed by atoms with Crippen molar-refractivity contribution in [1.29, 1.82) is 0 Å². The molecule has 0 radical (unpaired) electrons. The molecular weight excluding hydrogens is 476 g/mol. The lowest BCUT2D eigenvalue weighted by atomic mass is 9.37. The number of hydrogen-bond donors (Lipinski definition) is 0. The molecule has 8 heteroatoms. The standard InChI is InChI=1S/C29H38O8/c1-15(30)36-26-18-11-17-19(29(5,24(18)33)21(27(26,2)3)13-22(31)34-6)7-9-28(4)20(17)12-23(32)37-25(28)16-8-10-35-14-16/h8,10,14,17-21,25-26H,7,9,11-13H2,1-6H3/t17?,18-,19?,20?,21-,25-,26-,28+,29+/m0/s1. The minimum Gasteiger partial charge on any atom is -0.472 e. The van der Waals surface area contributed by atoms with E-state index in [0.29, 0.717) is 6.42 Å². The zero-order chi connectivity index (χ0) is 26.9. The summed E-state index contributed by atoms with van der Waals surface area (Å²) in [5.41, 5.74) is -0.909. The summed E-state index contributed by atoms with van der Waals surface area (Å²) in [4.78, 5) is 52.1. The number of rotatable bonds is 4. The number of hydrogen-bond acceptors (Lipinski definition) is 8. The molecule has 4 fully saturated rings. The van der Waals surface area contributed by atoms with Crippen molar-refractivity contribution in [3.63, 3.8) is 0 Å². The van der Waals surface area contributed by atoms with Crippen LogP contribution in [0.3, 0.4) is 0 Å². The summed E-state index contributed by atoms with van der Waals surface area (Å²) < 4.78 is 22.2. The van der Waals surface area contributed by atoms with E-state index in [-0.39, 0.29) is 59.7 Å². The summed E-state index contributed by atoms with van der Waals surface area (Å²) in [5, 5.41) is 0. The molecule has 3 aliphatic carbocycles. The number of furan rings is 1. The molecule has 0 amide bonds. The van der Waals surface area contributed by atoms with Gasteiger partial charge in [-0.25, -0.2) is 0 Å². The SMILES string of the molecule is COC(=O)C[C@H]1C(C)(C)[C@@H](OC(C)=O)[C@H]2CC3C4CC(=O)O[C@@H](c5ccoc5)[C@]4(C)CCC3[C@@]1(C)C2=O. The second-order valence-electron chi connectivity index (χ2n) is 12.7. The number of fused-ring (bicyclic) bond motifs is 6. The highest BCUT2D eigenvalue weighted by molar-refractivity contribution is 5.91. The highest BCUT2D eigenvalue weighted by Gasteiger charge is 2.71. The van der Waals surface area contributed by atoms with Crippen LogP contribution in [0.15, 0.2) is 23.0 Å². The van der Waals surface area contributed by atoms with Gasteiger partial charge in [-0.15, -0.1) is 0 Å². The first kappa shape index (κ1) is 26.0. The van der Waals surface area contributed by atoms with Crippen molar-refractivity contribution >= 4 is 23.7 Å². The Balaban J connectivity index is 1.61. The van der Waals surface area contributed by atoms with Crippen LogP contribution in [0.5, 0.6) is 0 Å². The van der Waals surface area contributed by atoms with Crippen molar-refractivity contribution in [3.8, 4) is 0 Å². The molecule has 9 atom stereocenters. The van der Waals surface area contributed by atoms with Gasteiger partial charge in [0.2, 0.25) is 0 Å². The Hall–Kier alpha value is -2.64. The van der Waals surface area contributed by atoms with Gasteiger partial charge in [0.1, 0.15) is 18.0 Å². The van der Waals surface area contributed by atoms with Crippen LogP contribution < -0.4 is 0 Å². The van der Waals surface area contributed by atoms with Crippen molar-refractivity contribution in [2.24, 2.45) is 45.8 Å². The molecule has 5 rings (SSSR count). The lowest BCUT2D eigenvalue weighted by molar-refractivity contribution is -0.231. The largest absolute Gasteiger partial charge is 0.472 e. The van der Waals surface area contributed by atoms with Crippen LogP contribution in [0.2, 0.25) is 0 Å². The highest BCUT2D eigenvalue weighted by Crippen LogP contribution is 2.70. The van der Waals surface area contributed by atoms with Crippen LogP contribution in [0.25, 0.3) is 0 Å². The van der Waals surface area contributed by atoms with E-state index < -0.39 is 34.9 Å². The van der Waals surface area contributed by atoms with E-state index in [1.54, 1.807) is 12.5 Å². The maximum absolute atomic E-state index is 14.3. The first-order chi connectivity index (χ1) is 17.4. The molecule has 1 aromatic rings. The predicted octanol–water partition coefficient (Wildman–Crippen LogP) is 4.66. The van der Waals surface area contributed by atoms with Crippen LogP contribution in [-0.2, 0) is 33.4 Å². The van der Waals surface area contributed by atoms with Crippen LogP contribution in [0.1, 0.15) is 78.4 Å². The van der Waals surface area contributed by atoms with E-state index in [1.165, 1.54) is 14.0 Å². The van der Waals surface area contributed by atoms with E-state index in [0.717, 1.165) is 18.4 Å². The van der Waals surface area contributed by atoms with Gasteiger partial charge in [-0.1, -0.05) is 27.7 Å². The Morgan fingerprint density at radius 2 is 1.86 bits per heavy atom. The fourth-order valence-electron chi connectivity index (χ4n) is 9.09. The number of Topliss-reactive ketones (excluding diaryl/α,β-unsaturated/α-hetero) is 1. The van der Waals surface area contributed by atoms with Crippen molar-refractivity contribution in [3.05, 3.63) is 24.2 Å². The van der Waals surface area contributed by atoms with E-state index in [4.69, 9.17) is 18.6 Å². The molecular formula is C29H38O8. The molecule has 0 N–H and O–H groups in total. The van der Waals surface area contributed by atoms with Crippen molar-refractivity contribution < 1.29 is 37.8 Å². The summed E-state index contributed by atoms with van der Waals surface area (Å²) in [6, 6.07) is 1.85. The molecule has 1 aliphatic heterocycles. The van der Waals surface area contributed by atoms with Crippen molar-refractivity contribution in [2.45, 2.75) is 78.9 Å². The lowest BCUT2D eigenvalue weighted by Gasteiger charge is -2.66. The van der Waals surface area contributed by atoms with Crippen LogP contribution in [-0.4, -0.2) is 36.9 Å². The lowest BCUT2D eigenvalue weighted by Crippen LogP contribution is -2.69. The van der Waals surface area contributed by atoms with Gasteiger partial charge in [-0.3, -0.25) is 19.2 Å². The first-order valence-electron chi connectivity index (χ1n) is 13.4. The van der Waals surface area contributed by atoms with E-state index >= 15 is 0 Å². The monoisotopic (exact) mass is 514 g/mol. The topological polar surface area (TPSA) is 109 Å². The van der Waals surface area contributed by atoms with Crippen molar-refractivity contribution in [2.75, 3.05) is 7.11 Å². The zero-order valence-electron chi connectivity index (χ0n) is 22.6. The van der Waals surface area contributed by atoms with Crippen LogP contribution >= 0.6 is 0 Å².